The Morgan fingerprint density at radius 1 is 1.43 bits per heavy atom. The molecule has 1 fully saturated rings. The average Bonchev–Trinajstić information content (AvgIpc) is 2.48. The number of likely N-dealkylation sites (tertiary alicyclic amines) is 1. The zero-order valence-electron chi connectivity index (χ0n) is 9.58. The van der Waals surface area contributed by atoms with E-state index in [1.807, 2.05) is 0 Å². The molecule has 1 aliphatic heterocycles. The third-order valence-electron chi connectivity index (χ3n) is 3.57. The van der Waals surface area contributed by atoms with E-state index in [0.717, 1.165) is 19.5 Å². The highest BCUT2D eigenvalue weighted by molar-refractivity contribution is 5.80. The minimum atomic E-state index is -0.857. The number of aliphatic hydroxyl groups excluding tert-OH is 1. The lowest BCUT2D eigenvalue weighted by Gasteiger charge is -2.29. The summed E-state index contributed by atoms with van der Waals surface area (Å²) in [7, 11) is 0. The van der Waals surface area contributed by atoms with Crippen LogP contribution in [0.1, 0.15) is 34.1 Å². The Morgan fingerprint density at radius 3 is 2.36 bits per heavy atom. The monoisotopic (exact) mass is 199 g/mol. The van der Waals surface area contributed by atoms with Crippen LogP contribution >= 0.6 is 0 Å². The summed E-state index contributed by atoms with van der Waals surface area (Å²) >= 11 is 0. The van der Waals surface area contributed by atoms with Gasteiger partial charge in [-0.2, -0.15) is 0 Å². The molecule has 0 spiro atoms. The van der Waals surface area contributed by atoms with Crippen molar-refractivity contribution >= 4 is 5.91 Å². The minimum Gasteiger partial charge on any atom is -0.384 e. The highest BCUT2D eigenvalue weighted by Gasteiger charge is 2.38. The Balaban J connectivity index is 2.61. The van der Waals surface area contributed by atoms with Crippen LogP contribution in [0, 0.1) is 11.3 Å². The van der Waals surface area contributed by atoms with Crippen molar-refractivity contribution in [3.8, 4) is 0 Å². The zero-order valence-corrected chi connectivity index (χ0v) is 9.58. The first-order chi connectivity index (χ1) is 6.37. The maximum absolute atomic E-state index is 11.5. The molecular formula is C11H21NO2. The van der Waals surface area contributed by atoms with Crippen LogP contribution in [0.4, 0.5) is 0 Å². The van der Waals surface area contributed by atoms with Crippen molar-refractivity contribution in [2.24, 2.45) is 11.3 Å². The molecule has 3 heteroatoms. The van der Waals surface area contributed by atoms with E-state index in [1.165, 1.54) is 6.92 Å². The zero-order chi connectivity index (χ0) is 10.9. The molecule has 1 N–H and O–H groups in total. The van der Waals surface area contributed by atoms with Gasteiger partial charge in [0.15, 0.2) is 0 Å². The van der Waals surface area contributed by atoms with E-state index < -0.39 is 6.10 Å². The van der Waals surface area contributed by atoms with Gasteiger partial charge in [0.05, 0.1) is 0 Å². The van der Waals surface area contributed by atoms with Crippen molar-refractivity contribution in [1.29, 1.82) is 0 Å². The van der Waals surface area contributed by atoms with E-state index in [1.54, 1.807) is 4.90 Å². The van der Waals surface area contributed by atoms with Gasteiger partial charge < -0.3 is 10.0 Å². The SMILES string of the molecule is CC(C)[C@@]1(C)CCN(C(=O)[C@@H](C)O)C1. The predicted octanol–water partition coefficient (Wildman–Crippen LogP) is 1.26. The fourth-order valence-electron chi connectivity index (χ4n) is 1.91. The molecular weight excluding hydrogens is 178 g/mol. The quantitative estimate of drug-likeness (QED) is 0.727. The van der Waals surface area contributed by atoms with Crippen LogP contribution in [0.2, 0.25) is 0 Å². The van der Waals surface area contributed by atoms with Crippen LogP contribution in [0.25, 0.3) is 0 Å². The second-order valence-electron chi connectivity index (χ2n) is 4.99. The van der Waals surface area contributed by atoms with Crippen LogP contribution in [-0.4, -0.2) is 35.1 Å². The van der Waals surface area contributed by atoms with Gasteiger partial charge in [-0.3, -0.25) is 4.79 Å². The molecule has 0 aromatic rings. The van der Waals surface area contributed by atoms with Crippen molar-refractivity contribution in [3.63, 3.8) is 0 Å². The van der Waals surface area contributed by atoms with E-state index in [-0.39, 0.29) is 11.3 Å². The molecule has 1 saturated heterocycles. The molecule has 82 valence electrons. The summed E-state index contributed by atoms with van der Waals surface area (Å²) in [4.78, 5) is 13.3. The molecule has 0 aromatic heterocycles. The van der Waals surface area contributed by atoms with Gasteiger partial charge >= 0.3 is 0 Å². The highest BCUT2D eigenvalue weighted by atomic mass is 16.3. The van der Waals surface area contributed by atoms with E-state index in [9.17, 15) is 9.90 Å². The van der Waals surface area contributed by atoms with Gasteiger partial charge in [-0.15, -0.1) is 0 Å². The molecule has 3 nitrogen and oxygen atoms in total. The minimum absolute atomic E-state index is 0.130. The average molecular weight is 199 g/mol. The molecule has 0 unspecified atom stereocenters. The van der Waals surface area contributed by atoms with Crippen LogP contribution in [0.3, 0.4) is 0 Å². The third-order valence-corrected chi connectivity index (χ3v) is 3.57. The summed E-state index contributed by atoms with van der Waals surface area (Å²) in [5, 5.41) is 9.20. The summed E-state index contributed by atoms with van der Waals surface area (Å²) in [6.07, 6.45) is 0.188. The number of nitrogens with zero attached hydrogens (tertiary/aromatic N) is 1. The Hall–Kier alpha value is -0.570. The third kappa shape index (κ3) is 2.08. The lowest BCUT2D eigenvalue weighted by Crippen LogP contribution is -2.38. The molecule has 0 bridgehead atoms. The molecule has 1 amide bonds. The van der Waals surface area contributed by atoms with Gasteiger partial charge in [0.2, 0.25) is 0 Å². The Labute approximate surface area is 86.1 Å². The topological polar surface area (TPSA) is 40.5 Å². The van der Waals surface area contributed by atoms with Gasteiger partial charge in [-0.25, -0.2) is 0 Å². The van der Waals surface area contributed by atoms with E-state index in [0.29, 0.717) is 5.92 Å². The summed E-state index contributed by atoms with van der Waals surface area (Å²) in [6, 6.07) is 0. The summed E-state index contributed by atoms with van der Waals surface area (Å²) < 4.78 is 0. The van der Waals surface area contributed by atoms with Crippen molar-refractivity contribution in [3.05, 3.63) is 0 Å². The first kappa shape index (κ1) is 11.5. The van der Waals surface area contributed by atoms with E-state index in [4.69, 9.17) is 0 Å². The number of carbonyl (C=O) groups excluding carboxylic acids is 1. The highest BCUT2D eigenvalue weighted by Crippen LogP contribution is 2.37. The number of aliphatic hydroxyl groups is 1. The molecule has 1 aliphatic rings. The van der Waals surface area contributed by atoms with Gasteiger partial charge in [0.25, 0.3) is 5.91 Å². The fraction of sp³-hybridized carbons (Fsp3) is 0.909. The smallest absolute Gasteiger partial charge is 0.251 e. The number of amides is 1. The van der Waals surface area contributed by atoms with Gasteiger partial charge in [0.1, 0.15) is 6.10 Å². The molecule has 0 aromatic carbocycles. The molecule has 0 radical (unpaired) electrons. The number of carbonyl (C=O) groups is 1. The van der Waals surface area contributed by atoms with Crippen LogP contribution < -0.4 is 0 Å². The van der Waals surface area contributed by atoms with E-state index in [2.05, 4.69) is 20.8 Å². The molecule has 2 atom stereocenters. The summed E-state index contributed by atoms with van der Waals surface area (Å²) in [6.45, 7) is 9.71. The Kier molecular flexibility index (Phi) is 3.20. The normalized spacial score (nSPS) is 29.7. The molecule has 1 heterocycles. The van der Waals surface area contributed by atoms with Crippen molar-refractivity contribution < 1.29 is 9.90 Å². The fourth-order valence-corrected chi connectivity index (χ4v) is 1.91. The van der Waals surface area contributed by atoms with Crippen molar-refractivity contribution in [2.45, 2.75) is 40.2 Å². The number of hydrogen-bond donors (Lipinski definition) is 1. The second kappa shape index (κ2) is 3.89. The van der Waals surface area contributed by atoms with Crippen molar-refractivity contribution in [1.82, 2.24) is 4.90 Å². The standard InChI is InChI=1S/C11H21NO2/c1-8(2)11(4)5-6-12(7-11)10(14)9(3)13/h8-9,13H,5-7H2,1-4H3/t9-,11+/m1/s1. The van der Waals surface area contributed by atoms with Gasteiger partial charge in [0, 0.05) is 13.1 Å². The lowest BCUT2D eigenvalue weighted by molar-refractivity contribution is -0.138. The number of rotatable bonds is 2. The second-order valence-corrected chi connectivity index (χ2v) is 4.99. The maximum atomic E-state index is 11.5. The molecule has 0 saturated carbocycles. The maximum Gasteiger partial charge on any atom is 0.251 e. The van der Waals surface area contributed by atoms with Crippen molar-refractivity contribution in [2.75, 3.05) is 13.1 Å². The Bertz CT molecular complexity index is 225. The first-order valence-corrected chi connectivity index (χ1v) is 5.33. The van der Waals surface area contributed by atoms with Crippen LogP contribution in [-0.2, 0) is 4.79 Å². The molecule has 14 heavy (non-hydrogen) atoms. The Morgan fingerprint density at radius 2 is 2.00 bits per heavy atom. The summed E-state index contributed by atoms with van der Waals surface area (Å²) in [5.74, 6) is 0.448. The lowest BCUT2D eigenvalue weighted by atomic mass is 9.78. The number of hydrogen-bond acceptors (Lipinski definition) is 2. The van der Waals surface area contributed by atoms with Crippen LogP contribution in [0.15, 0.2) is 0 Å². The molecule has 0 aliphatic carbocycles. The summed E-state index contributed by atoms with van der Waals surface area (Å²) in [5.41, 5.74) is 0.227. The first-order valence-electron chi connectivity index (χ1n) is 5.33. The van der Waals surface area contributed by atoms with Gasteiger partial charge in [-0.05, 0) is 24.7 Å². The van der Waals surface area contributed by atoms with E-state index >= 15 is 0 Å². The molecule has 1 rings (SSSR count). The predicted molar refractivity (Wildman–Crippen MR) is 55.8 cm³/mol. The largest absolute Gasteiger partial charge is 0.384 e. The van der Waals surface area contributed by atoms with Gasteiger partial charge in [-0.1, -0.05) is 20.8 Å². The van der Waals surface area contributed by atoms with Crippen LogP contribution in [0.5, 0.6) is 0 Å².